The summed E-state index contributed by atoms with van der Waals surface area (Å²) in [7, 11) is 0. The Morgan fingerprint density at radius 2 is 2.06 bits per heavy atom. The first kappa shape index (κ1) is 13.0. The molecule has 0 unspecified atom stereocenters. The van der Waals surface area contributed by atoms with Gasteiger partial charge in [0, 0.05) is 5.57 Å². The Labute approximate surface area is 100.0 Å². The van der Waals surface area contributed by atoms with Crippen molar-refractivity contribution in [2.45, 2.75) is 27.2 Å². The first-order valence-electron chi connectivity index (χ1n) is 5.34. The molecule has 0 saturated carbocycles. The van der Waals surface area contributed by atoms with Crippen LogP contribution in [0, 0.1) is 6.92 Å². The molecule has 5 nitrogen and oxygen atoms in total. The molecule has 90 valence electrons. The molecule has 0 fully saturated rings. The summed E-state index contributed by atoms with van der Waals surface area (Å²) in [6, 6.07) is 0. The van der Waals surface area contributed by atoms with Crippen LogP contribution in [0.3, 0.4) is 0 Å². The average molecular weight is 233 g/mol. The number of amides is 1. The molecule has 0 aliphatic carbocycles. The van der Waals surface area contributed by atoms with E-state index in [2.05, 4.69) is 15.3 Å². The van der Waals surface area contributed by atoms with Gasteiger partial charge < -0.3 is 5.32 Å². The van der Waals surface area contributed by atoms with Crippen molar-refractivity contribution >= 4 is 17.5 Å². The Hall–Kier alpha value is -2.04. The van der Waals surface area contributed by atoms with E-state index >= 15 is 0 Å². The third kappa shape index (κ3) is 4.14. The zero-order valence-corrected chi connectivity index (χ0v) is 10.2. The number of allylic oxidation sites excluding steroid dienone is 1. The highest BCUT2D eigenvalue weighted by Gasteiger charge is 2.09. The molecule has 1 rings (SSSR count). The lowest BCUT2D eigenvalue weighted by Crippen LogP contribution is -2.16. The summed E-state index contributed by atoms with van der Waals surface area (Å²) >= 11 is 0. The van der Waals surface area contributed by atoms with Crippen molar-refractivity contribution < 1.29 is 9.59 Å². The number of nitrogens with one attached hydrogen (secondary N) is 1. The maximum Gasteiger partial charge on any atom is 0.252 e. The number of rotatable bonds is 4. The van der Waals surface area contributed by atoms with E-state index < -0.39 is 0 Å². The van der Waals surface area contributed by atoms with Gasteiger partial charge in [-0.05, 0) is 26.3 Å². The molecule has 1 heterocycles. The minimum atomic E-state index is -0.319. The van der Waals surface area contributed by atoms with Gasteiger partial charge in [0.25, 0.3) is 5.91 Å². The molecule has 0 bridgehead atoms. The Kier molecular flexibility index (Phi) is 4.51. The van der Waals surface area contributed by atoms with Crippen LogP contribution in [0.2, 0.25) is 0 Å². The summed E-state index contributed by atoms with van der Waals surface area (Å²) in [6.07, 6.45) is 4.87. The Balaban J connectivity index is 2.77. The fourth-order valence-electron chi connectivity index (χ4n) is 1.23. The highest BCUT2D eigenvalue weighted by atomic mass is 16.2. The number of carbonyl (C=O) groups is 2. The zero-order chi connectivity index (χ0) is 12.8. The van der Waals surface area contributed by atoms with Gasteiger partial charge >= 0.3 is 0 Å². The second-order valence-corrected chi connectivity index (χ2v) is 3.63. The summed E-state index contributed by atoms with van der Waals surface area (Å²) in [5.41, 5.74) is 1.21. The molecular weight excluding hydrogens is 218 g/mol. The van der Waals surface area contributed by atoms with Gasteiger partial charge in [-0.3, -0.25) is 14.6 Å². The number of anilines is 1. The number of nitrogens with zero attached hydrogens (tertiary/aromatic N) is 2. The molecule has 0 aliphatic heterocycles. The Bertz CT molecular complexity index is 449. The van der Waals surface area contributed by atoms with Crippen molar-refractivity contribution in [3.8, 4) is 0 Å². The monoisotopic (exact) mass is 233 g/mol. The smallest absolute Gasteiger partial charge is 0.252 e. The maximum absolute atomic E-state index is 11.8. The number of aromatic nitrogens is 2. The number of aryl methyl sites for hydroxylation is 1. The first-order chi connectivity index (χ1) is 8.02. The van der Waals surface area contributed by atoms with Crippen LogP contribution in [0.5, 0.6) is 0 Å². The van der Waals surface area contributed by atoms with Crippen molar-refractivity contribution in [2.75, 3.05) is 5.32 Å². The van der Waals surface area contributed by atoms with E-state index in [0.717, 1.165) is 5.69 Å². The largest absolute Gasteiger partial charge is 0.306 e. The topological polar surface area (TPSA) is 72.0 Å². The molecule has 17 heavy (non-hydrogen) atoms. The molecule has 0 radical (unpaired) electrons. The third-order valence-corrected chi connectivity index (χ3v) is 2.07. The predicted molar refractivity (Wildman–Crippen MR) is 64.5 cm³/mol. The maximum atomic E-state index is 11.8. The van der Waals surface area contributed by atoms with Crippen LogP contribution in [0.15, 0.2) is 24.0 Å². The van der Waals surface area contributed by atoms with E-state index in [1.54, 1.807) is 6.20 Å². The van der Waals surface area contributed by atoms with Gasteiger partial charge in [-0.1, -0.05) is 6.92 Å². The van der Waals surface area contributed by atoms with Gasteiger partial charge in [0.2, 0.25) is 0 Å². The number of carbonyl (C=O) groups excluding carboxylic acids is 2. The molecule has 1 aromatic heterocycles. The van der Waals surface area contributed by atoms with E-state index in [9.17, 15) is 9.59 Å². The van der Waals surface area contributed by atoms with Crippen molar-refractivity contribution in [3.63, 3.8) is 0 Å². The number of hydrogen-bond acceptors (Lipinski definition) is 4. The van der Waals surface area contributed by atoms with Crippen molar-refractivity contribution in [2.24, 2.45) is 0 Å². The Morgan fingerprint density at radius 1 is 1.35 bits per heavy atom. The van der Waals surface area contributed by atoms with E-state index in [1.807, 2.05) is 13.8 Å². The van der Waals surface area contributed by atoms with E-state index in [-0.39, 0.29) is 11.7 Å². The summed E-state index contributed by atoms with van der Waals surface area (Å²) in [5.74, 6) is -0.0867. The van der Waals surface area contributed by atoms with Gasteiger partial charge in [-0.25, -0.2) is 4.98 Å². The second kappa shape index (κ2) is 5.89. The van der Waals surface area contributed by atoms with Crippen molar-refractivity contribution in [3.05, 3.63) is 29.7 Å². The highest BCUT2D eigenvalue weighted by molar-refractivity contribution is 6.07. The quantitative estimate of drug-likeness (QED) is 0.802. The number of hydrogen-bond donors (Lipinski definition) is 1. The van der Waals surface area contributed by atoms with E-state index in [1.165, 1.54) is 19.2 Å². The van der Waals surface area contributed by atoms with Crippen LogP contribution < -0.4 is 5.32 Å². The van der Waals surface area contributed by atoms with Gasteiger partial charge in [0.1, 0.15) is 0 Å². The third-order valence-electron chi connectivity index (χ3n) is 2.07. The normalized spacial score (nSPS) is 11.1. The van der Waals surface area contributed by atoms with Gasteiger partial charge in [0.05, 0.1) is 18.1 Å². The van der Waals surface area contributed by atoms with Gasteiger partial charge in [0.15, 0.2) is 11.6 Å². The molecule has 0 spiro atoms. The molecule has 0 atom stereocenters. The fourth-order valence-corrected chi connectivity index (χ4v) is 1.23. The molecule has 1 aromatic rings. The van der Waals surface area contributed by atoms with Crippen LogP contribution in [0.1, 0.15) is 26.0 Å². The average Bonchev–Trinajstić information content (AvgIpc) is 2.28. The van der Waals surface area contributed by atoms with Gasteiger partial charge in [-0.2, -0.15) is 0 Å². The minimum Gasteiger partial charge on any atom is -0.306 e. The predicted octanol–water partition coefficient (Wildman–Crippen LogP) is 1.65. The Morgan fingerprint density at radius 3 is 2.53 bits per heavy atom. The lowest BCUT2D eigenvalue weighted by atomic mass is 10.1. The zero-order valence-electron chi connectivity index (χ0n) is 10.2. The SMILES string of the molecule is CC/C(=C\C(C)=O)C(=O)Nc1cnc(C)cn1. The molecule has 1 N–H and O–H groups in total. The van der Waals surface area contributed by atoms with Gasteiger partial charge in [-0.15, -0.1) is 0 Å². The standard InChI is InChI=1S/C12H15N3O2/c1-4-10(5-9(3)16)12(17)15-11-7-13-8(2)6-14-11/h5-7H,4H2,1-3H3,(H,14,15,17)/b10-5+. The number of ketones is 1. The van der Waals surface area contributed by atoms with E-state index in [4.69, 9.17) is 0 Å². The highest BCUT2D eigenvalue weighted by Crippen LogP contribution is 2.06. The van der Waals surface area contributed by atoms with Crippen molar-refractivity contribution in [1.82, 2.24) is 9.97 Å². The van der Waals surface area contributed by atoms with Crippen LogP contribution in [0.25, 0.3) is 0 Å². The van der Waals surface area contributed by atoms with E-state index in [0.29, 0.717) is 17.8 Å². The van der Waals surface area contributed by atoms with Crippen molar-refractivity contribution in [1.29, 1.82) is 0 Å². The summed E-state index contributed by atoms with van der Waals surface area (Å²) in [5, 5.41) is 2.59. The summed E-state index contributed by atoms with van der Waals surface area (Å²) in [6.45, 7) is 5.04. The van der Waals surface area contributed by atoms with Crippen LogP contribution in [-0.2, 0) is 9.59 Å². The molecule has 0 aromatic carbocycles. The fraction of sp³-hybridized carbons (Fsp3) is 0.333. The summed E-state index contributed by atoms with van der Waals surface area (Å²) in [4.78, 5) is 30.7. The molecule has 5 heteroatoms. The van der Waals surface area contributed by atoms with Crippen LogP contribution >= 0.6 is 0 Å². The molecular formula is C12H15N3O2. The molecule has 0 aliphatic rings. The first-order valence-corrected chi connectivity index (χ1v) is 5.34. The van der Waals surface area contributed by atoms with Crippen LogP contribution in [0.4, 0.5) is 5.82 Å². The molecule has 0 saturated heterocycles. The lowest BCUT2D eigenvalue weighted by molar-refractivity contribution is -0.115. The summed E-state index contributed by atoms with van der Waals surface area (Å²) < 4.78 is 0. The minimum absolute atomic E-state index is 0.146. The molecule has 1 amide bonds. The van der Waals surface area contributed by atoms with Crippen LogP contribution in [-0.4, -0.2) is 21.7 Å². The lowest BCUT2D eigenvalue weighted by Gasteiger charge is -2.05. The second-order valence-electron chi connectivity index (χ2n) is 3.63.